The number of benzene rings is 2. The highest BCUT2D eigenvalue weighted by Crippen LogP contribution is 2.15. The Bertz CT molecular complexity index is 1000. The quantitative estimate of drug-likeness (QED) is 0.460. The third kappa shape index (κ3) is 7.70. The molecule has 0 fully saturated rings. The van der Waals surface area contributed by atoms with Crippen molar-refractivity contribution in [2.24, 2.45) is 0 Å². The first kappa shape index (κ1) is 25.4. The van der Waals surface area contributed by atoms with Gasteiger partial charge in [0, 0.05) is 27.3 Å². The van der Waals surface area contributed by atoms with Crippen LogP contribution >= 0.6 is 0 Å². The van der Waals surface area contributed by atoms with Gasteiger partial charge < -0.3 is 15.0 Å². The van der Waals surface area contributed by atoms with Gasteiger partial charge in [0.05, 0.1) is 6.54 Å². The number of halogens is 1. The molecular weight excluding hydrogens is 437 g/mol. The Labute approximate surface area is 187 Å². The normalized spacial score (nSPS) is 12.2. The minimum absolute atomic E-state index is 0.0349. The van der Waals surface area contributed by atoms with Gasteiger partial charge >= 0.3 is 0 Å². The Morgan fingerprint density at radius 1 is 1.09 bits per heavy atom. The molecule has 0 aliphatic heterocycles. The predicted molar refractivity (Wildman–Crippen MR) is 118 cm³/mol. The van der Waals surface area contributed by atoms with Gasteiger partial charge in [-0.05, 0) is 30.5 Å². The molecule has 2 rings (SSSR count). The third-order valence-corrected chi connectivity index (χ3v) is 6.11. The Hall–Kier alpha value is -2.82. The molecule has 0 heterocycles. The maximum Gasteiger partial charge on any atom is 0.244 e. The molecule has 0 aliphatic carbocycles. The van der Waals surface area contributed by atoms with Crippen molar-refractivity contribution >= 4 is 21.8 Å². The number of hydrogen-bond acceptors (Lipinski definition) is 5. The molecule has 0 bridgehead atoms. The largest absolute Gasteiger partial charge is 0.385 e. The van der Waals surface area contributed by atoms with Crippen molar-refractivity contribution in [1.82, 2.24) is 14.9 Å². The molecule has 10 heteroatoms. The minimum Gasteiger partial charge on any atom is -0.385 e. The lowest BCUT2D eigenvalue weighted by Gasteiger charge is -2.24. The molecule has 1 unspecified atom stereocenters. The van der Waals surface area contributed by atoms with Crippen molar-refractivity contribution in [2.45, 2.75) is 23.8 Å². The lowest BCUT2D eigenvalue weighted by atomic mass is 10.1. The third-order valence-electron chi connectivity index (χ3n) is 4.61. The zero-order valence-electron chi connectivity index (χ0n) is 18.1. The number of nitrogens with zero attached hydrogens (tertiary/aromatic N) is 1. The van der Waals surface area contributed by atoms with E-state index in [0.29, 0.717) is 25.1 Å². The van der Waals surface area contributed by atoms with E-state index in [1.54, 1.807) is 37.4 Å². The number of carbonyl (C=O) groups is 2. The second-order valence-electron chi connectivity index (χ2n) is 7.18. The van der Waals surface area contributed by atoms with Crippen LogP contribution in [0.2, 0.25) is 0 Å². The van der Waals surface area contributed by atoms with E-state index in [4.69, 9.17) is 4.74 Å². The summed E-state index contributed by atoms with van der Waals surface area (Å²) in [6, 6.07) is 12.5. The smallest absolute Gasteiger partial charge is 0.244 e. The first-order valence-corrected chi connectivity index (χ1v) is 11.5. The van der Waals surface area contributed by atoms with Crippen molar-refractivity contribution in [2.75, 3.05) is 33.9 Å². The lowest BCUT2D eigenvalue weighted by molar-refractivity contribution is -0.136. The van der Waals surface area contributed by atoms with Crippen LogP contribution in [0.1, 0.15) is 12.0 Å². The van der Waals surface area contributed by atoms with Crippen molar-refractivity contribution in [3.63, 3.8) is 0 Å². The van der Waals surface area contributed by atoms with Crippen LogP contribution in [0.15, 0.2) is 59.5 Å². The van der Waals surface area contributed by atoms with Crippen molar-refractivity contribution in [3.05, 3.63) is 66.0 Å². The van der Waals surface area contributed by atoms with E-state index in [1.807, 2.05) is 0 Å². The summed E-state index contributed by atoms with van der Waals surface area (Å²) in [5, 5.41) is 2.67. The number of amides is 2. The number of rotatable bonds is 12. The Morgan fingerprint density at radius 3 is 2.41 bits per heavy atom. The summed E-state index contributed by atoms with van der Waals surface area (Å²) in [7, 11) is -1.36. The molecule has 8 nitrogen and oxygen atoms in total. The molecule has 0 radical (unpaired) electrons. The first-order chi connectivity index (χ1) is 15.2. The molecule has 1 atom stereocenters. The van der Waals surface area contributed by atoms with Crippen LogP contribution in [-0.2, 0) is 30.8 Å². The van der Waals surface area contributed by atoms with Crippen LogP contribution < -0.4 is 10.0 Å². The summed E-state index contributed by atoms with van der Waals surface area (Å²) in [6.45, 7) is 0.632. The Kier molecular flexibility index (Phi) is 9.76. The average Bonchev–Trinajstić information content (AvgIpc) is 2.76. The molecule has 2 aromatic carbocycles. The van der Waals surface area contributed by atoms with E-state index in [0.717, 1.165) is 17.0 Å². The summed E-state index contributed by atoms with van der Waals surface area (Å²) in [4.78, 5) is 25.8. The molecule has 0 spiro atoms. The van der Waals surface area contributed by atoms with Crippen LogP contribution in [0.3, 0.4) is 0 Å². The zero-order valence-corrected chi connectivity index (χ0v) is 18.9. The van der Waals surface area contributed by atoms with Gasteiger partial charge in [0.1, 0.15) is 16.8 Å². The molecule has 174 valence electrons. The SMILES string of the molecule is COCCCNC(=O)CN(C)C(=O)C(Cc1ccccc1)NS(=O)(=O)c1ccccc1F. The van der Waals surface area contributed by atoms with Gasteiger partial charge in [-0.25, -0.2) is 12.8 Å². The van der Waals surface area contributed by atoms with E-state index >= 15 is 0 Å². The fourth-order valence-electron chi connectivity index (χ4n) is 3.00. The molecule has 2 N–H and O–H groups in total. The van der Waals surface area contributed by atoms with Gasteiger partial charge in [-0.15, -0.1) is 0 Å². The second-order valence-corrected chi connectivity index (χ2v) is 8.87. The van der Waals surface area contributed by atoms with E-state index in [2.05, 4.69) is 10.0 Å². The van der Waals surface area contributed by atoms with Crippen LogP contribution in [0, 0.1) is 5.82 Å². The lowest BCUT2D eigenvalue weighted by Crippen LogP contribution is -2.50. The van der Waals surface area contributed by atoms with Gasteiger partial charge in [-0.2, -0.15) is 4.72 Å². The first-order valence-electron chi connectivity index (χ1n) is 10.1. The summed E-state index contributed by atoms with van der Waals surface area (Å²) < 4.78 is 46.9. The van der Waals surface area contributed by atoms with Gasteiger partial charge in [0.2, 0.25) is 21.8 Å². The van der Waals surface area contributed by atoms with Crippen LogP contribution in [-0.4, -0.2) is 65.0 Å². The Balaban J connectivity index is 2.16. The number of nitrogens with one attached hydrogen (secondary N) is 2. The fraction of sp³-hybridized carbons (Fsp3) is 0.364. The van der Waals surface area contributed by atoms with E-state index in [1.165, 1.54) is 19.2 Å². The summed E-state index contributed by atoms with van der Waals surface area (Å²) in [6.07, 6.45) is 0.659. The standard InChI is InChI=1S/C22H28FN3O5S/c1-26(16-21(27)24-13-8-14-31-2)22(28)19(15-17-9-4-3-5-10-17)25-32(29,30)20-12-7-6-11-18(20)23/h3-7,9-12,19,25H,8,13-16H2,1-2H3,(H,24,27). The molecular formula is C22H28FN3O5S. The van der Waals surface area contributed by atoms with Crippen LogP contribution in [0.25, 0.3) is 0 Å². The highest BCUT2D eigenvalue weighted by molar-refractivity contribution is 7.89. The van der Waals surface area contributed by atoms with Crippen LogP contribution in [0.4, 0.5) is 4.39 Å². The van der Waals surface area contributed by atoms with Gasteiger partial charge in [-0.1, -0.05) is 42.5 Å². The fourth-order valence-corrected chi connectivity index (χ4v) is 4.27. The van der Waals surface area contributed by atoms with Gasteiger partial charge in [-0.3, -0.25) is 9.59 Å². The monoisotopic (exact) mass is 465 g/mol. The summed E-state index contributed by atoms with van der Waals surface area (Å²) in [5.41, 5.74) is 0.708. The van der Waals surface area contributed by atoms with Crippen LogP contribution in [0.5, 0.6) is 0 Å². The van der Waals surface area contributed by atoms with Crippen molar-refractivity contribution in [1.29, 1.82) is 0 Å². The molecule has 2 aromatic rings. The molecule has 0 aromatic heterocycles. The van der Waals surface area contributed by atoms with Crippen molar-refractivity contribution in [3.8, 4) is 0 Å². The minimum atomic E-state index is -4.32. The van der Waals surface area contributed by atoms with Crippen molar-refractivity contribution < 1.29 is 27.1 Å². The second kappa shape index (κ2) is 12.3. The number of carbonyl (C=O) groups excluding carboxylic acids is 2. The number of ether oxygens (including phenoxy) is 1. The molecule has 32 heavy (non-hydrogen) atoms. The van der Waals surface area contributed by atoms with E-state index in [-0.39, 0.29) is 18.9 Å². The average molecular weight is 466 g/mol. The van der Waals surface area contributed by atoms with E-state index < -0.39 is 32.7 Å². The molecule has 0 aliphatic rings. The number of methoxy groups -OCH3 is 1. The summed E-state index contributed by atoms with van der Waals surface area (Å²) >= 11 is 0. The Morgan fingerprint density at radius 2 is 1.75 bits per heavy atom. The molecule has 0 saturated carbocycles. The maximum atomic E-state index is 14.1. The zero-order chi connectivity index (χ0) is 23.6. The maximum absolute atomic E-state index is 14.1. The van der Waals surface area contributed by atoms with Gasteiger partial charge in [0.15, 0.2) is 0 Å². The topological polar surface area (TPSA) is 105 Å². The number of sulfonamides is 1. The highest BCUT2D eigenvalue weighted by atomic mass is 32.2. The van der Waals surface area contributed by atoms with E-state index in [9.17, 15) is 22.4 Å². The number of hydrogen-bond donors (Lipinski definition) is 2. The number of likely N-dealkylation sites (N-methyl/N-ethyl adjacent to an activating group) is 1. The predicted octanol–water partition coefficient (Wildman–Crippen LogP) is 1.33. The molecule has 2 amide bonds. The summed E-state index contributed by atoms with van der Waals surface area (Å²) in [5.74, 6) is -1.91. The highest BCUT2D eigenvalue weighted by Gasteiger charge is 2.30. The molecule has 0 saturated heterocycles. The van der Waals surface area contributed by atoms with Gasteiger partial charge in [0.25, 0.3) is 0 Å².